The van der Waals surface area contributed by atoms with Crippen LogP contribution in [0.5, 0.6) is 5.75 Å². The fourth-order valence-corrected chi connectivity index (χ4v) is 9.31. The molecule has 0 aliphatic carbocycles. The summed E-state index contributed by atoms with van der Waals surface area (Å²) in [5.41, 5.74) is 2.41. The molecule has 2 aromatic heterocycles. The second-order valence-electron chi connectivity index (χ2n) is 14.8. The van der Waals surface area contributed by atoms with Gasteiger partial charge in [-0.25, -0.2) is 4.98 Å². The van der Waals surface area contributed by atoms with Gasteiger partial charge in [-0.05, 0) is 84.4 Å². The van der Waals surface area contributed by atoms with Crippen LogP contribution < -0.4 is 25.8 Å². The zero-order valence-electron chi connectivity index (χ0n) is 31.8. The molecule has 2 saturated heterocycles. The smallest absolute Gasteiger partial charge is 0.275 e. The van der Waals surface area contributed by atoms with Gasteiger partial charge in [0.2, 0.25) is 5.91 Å². The quantitative estimate of drug-likeness (QED) is 0.140. The van der Waals surface area contributed by atoms with Crippen LogP contribution in [0.15, 0.2) is 63.3 Å². The number of nitrogens with zero attached hydrogens (tertiary/aromatic N) is 6. The van der Waals surface area contributed by atoms with Crippen molar-refractivity contribution in [2.75, 3.05) is 70.7 Å². The first-order valence-electron chi connectivity index (χ1n) is 19.0. The number of nitrogens with one attached hydrogen (secondary N) is 2. The molecule has 14 nitrogen and oxygen atoms in total. The van der Waals surface area contributed by atoms with Crippen molar-refractivity contribution in [1.82, 2.24) is 29.4 Å². The number of ether oxygens (including phenoxy) is 1. The first kappa shape index (κ1) is 39.6. The number of aldehydes is 1. The standard InChI is InChI=1S/C40H47BrN8O6S/c1-42-33(51)12-9-29(24-50)49-37(52)31-5-4-6-32(34(31)38(49)53)46(3)28-13-15-47(16-14-28)17-19-55-30-10-7-25(8-11-30)26-21-27(23-45(2)22-26)43-36-35(41)39(54)48-18-20-56-40(48)44-36/h4-8,10-11,18,20,24,26-29,43H,9,12-17,19,21-23H2,1-3H3,(H,42,51). The van der Waals surface area contributed by atoms with Gasteiger partial charge in [0.05, 0.1) is 22.9 Å². The van der Waals surface area contributed by atoms with E-state index in [0.717, 1.165) is 62.6 Å². The number of anilines is 2. The lowest BCUT2D eigenvalue weighted by Gasteiger charge is -2.38. The Morgan fingerprint density at radius 3 is 2.61 bits per heavy atom. The molecule has 3 amide bonds. The number of likely N-dealkylation sites (tertiary alicyclic amines) is 2. The Hall–Kier alpha value is -4.64. The van der Waals surface area contributed by atoms with Gasteiger partial charge in [-0.2, -0.15) is 0 Å². The second-order valence-corrected chi connectivity index (χ2v) is 16.5. The monoisotopic (exact) mass is 846 g/mol. The highest BCUT2D eigenvalue weighted by Crippen LogP contribution is 2.35. The van der Waals surface area contributed by atoms with Crippen molar-refractivity contribution < 1.29 is 23.9 Å². The van der Waals surface area contributed by atoms with Crippen LogP contribution in [0, 0.1) is 0 Å². The number of thiazole rings is 1. The molecule has 2 N–H and O–H groups in total. The lowest BCUT2D eigenvalue weighted by Crippen LogP contribution is -2.45. The molecule has 0 spiro atoms. The summed E-state index contributed by atoms with van der Waals surface area (Å²) in [7, 11) is 5.58. The minimum absolute atomic E-state index is 0.0332. The van der Waals surface area contributed by atoms with E-state index < -0.39 is 17.9 Å². The van der Waals surface area contributed by atoms with Crippen molar-refractivity contribution in [3.05, 3.63) is 85.6 Å². The topological polar surface area (TPSA) is 149 Å². The van der Waals surface area contributed by atoms with E-state index in [0.29, 0.717) is 45.3 Å². The zero-order chi connectivity index (χ0) is 39.5. The lowest BCUT2D eigenvalue weighted by atomic mass is 9.88. The molecule has 3 unspecified atom stereocenters. The fraction of sp³-hybridized carbons (Fsp3) is 0.450. The fourth-order valence-electron chi connectivity index (χ4n) is 8.21. The summed E-state index contributed by atoms with van der Waals surface area (Å²) in [6, 6.07) is 12.9. The predicted octanol–water partition coefficient (Wildman–Crippen LogP) is 4.09. The SMILES string of the molecule is CNC(=O)CCC(C=O)N1C(=O)c2cccc(N(C)C3CCN(CCOc4ccc(C5CC(Nc6nc7sccn7c(=O)c6Br)CN(C)C5)cc4)CC3)c2C1=O. The summed E-state index contributed by atoms with van der Waals surface area (Å²) < 4.78 is 8.17. The van der Waals surface area contributed by atoms with Crippen LogP contribution in [0.3, 0.4) is 0 Å². The molecule has 16 heteroatoms. The molecule has 4 aromatic rings. The highest BCUT2D eigenvalue weighted by Gasteiger charge is 2.42. The maximum absolute atomic E-state index is 13.6. The third-order valence-electron chi connectivity index (χ3n) is 11.3. The summed E-state index contributed by atoms with van der Waals surface area (Å²) in [6.07, 6.45) is 5.08. The minimum Gasteiger partial charge on any atom is -0.492 e. The van der Waals surface area contributed by atoms with Crippen molar-refractivity contribution in [3.8, 4) is 5.75 Å². The Bertz CT molecular complexity index is 2150. The molecule has 3 aliphatic heterocycles. The molecule has 0 radical (unpaired) electrons. The number of piperidine rings is 2. The summed E-state index contributed by atoms with van der Waals surface area (Å²) in [4.78, 5) is 76.6. The number of fused-ring (bicyclic) bond motifs is 2. The van der Waals surface area contributed by atoms with Crippen molar-refractivity contribution in [2.45, 2.75) is 56.1 Å². The molecular formula is C40H47BrN8O6S. The van der Waals surface area contributed by atoms with Crippen LogP contribution in [-0.4, -0.2) is 127 Å². The van der Waals surface area contributed by atoms with Gasteiger partial charge in [-0.1, -0.05) is 18.2 Å². The van der Waals surface area contributed by atoms with Crippen molar-refractivity contribution in [3.63, 3.8) is 0 Å². The number of benzene rings is 2. The van der Waals surface area contributed by atoms with Gasteiger partial charge < -0.3 is 30.0 Å². The predicted molar refractivity (Wildman–Crippen MR) is 219 cm³/mol. The number of hydrogen-bond acceptors (Lipinski definition) is 12. The van der Waals surface area contributed by atoms with Gasteiger partial charge in [-0.15, -0.1) is 11.3 Å². The molecule has 3 atom stereocenters. The van der Waals surface area contributed by atoms with Crippen LogP contribution in [-0.2, 0) is 9.59 Å². The van der Waals surface area contributed by atoms with Crippen molar-refractivity contribution in [2.24, 2.45) is 0 Å². The number of amides is 3. The Morgan fingerprint density at radius 1 is 1.11 bits per heavy atom. The molecule has 3 aliphatic rings. The number of rotatable bonds is 14. The third-order valence-corrected chi connectivity index (χ3v) is 12.7. The number of likely N-dealkylation sites (N-methyl/N-ethyl adjacent to an activating group) is 1. The Morgan fingerprint density at radius 2 is 1.88 bits per heavy atom. The van der Waals surface area contributed by atoms with Crippen LogP contribution >= 0.6 is 27.3 Å². The summed E-state index contributed by atoms with van der Waals surface area (Å²) >= 11 is 4.90. The summed E-state index contributed by atoms with van der Waals surface area (Å²) in [6.45, 7) is 4.86. The Balaban J connectivity index is 0.888. The van der Waals surface area contributed by atoms with Crippen LogP contribution in [0.1, 0.15) is 64.3 Å². The van der Waals surface area contributed by atoms with Crippen molar-refractivity contribution in [1.29, 1.82) is 0 Å². The number of carbonyl (C=O) groups is 4. The minimum atomic E-state index is -1.01. The van der Waals surface area contributed by atoms with Gasteiger partial charge >= 0.3 is 0 Å². The van der Waals surface area contributed by atoms with Gasteiger partial charge in [0.15, 0.2) is 4.96 Å². The number of carbonyl (C=O) groups excluding carboxylic acids is 4. The van der Waals surface area contributed by atoms with E-state index in [-0.39, 0.29) is 42.0 Å². The summed E-state index contributed by atoms with van der Waals surface area (Å²) in [5, 5.41) is 7.90. The van der Waals surface area contributed by atoms with E-state index in [9.17, 15) is 24.0 Å². The van der Waals surface area contributed by atoms with Crippen molar-refractivity contribution >= 4 is 67.7 Å². The second kappa shape index (κ2) is 17.2. The average molecular weight is 848 g/mol. The Labute approximate surface area is 337 Å². The largest absolute Gasteiger partial charge is 0.492 e. The highest BCUT2D eigenvalue weighted by atomic mass is 79.9. The van der Waals surface area contributed by atoms with Gasteiger partial charge in [-0.3, -0.25) is 33.4 Å². The number of hydrogen-bond donors (Lipinski definition) is 2. The van der Waals surface area contributed by atoms with Gasteiger partial charge in [0.25, 0.3) is 17.4 Å². The highest BCUT2D eigenvalue weighted by molar-refractivity contribution is 9.10. The average Bonchev–Trinajstić information content (AvgIpc) is 3.78. The zero-order valence-corrected chi connectivity index (χ0v) is 34.2. The first-order chi connectivity index (χ1) is 27.1. The van der Waals surface area contributed by atoms with E-state index in [1.54, 1.807) is 22.7 Å². The third kappa shape index (κ3) is 8.24. The van der Waals surface area contributed by atoms with Crippen LogP contribution in [0.25, 0.3) is 4.96 Å². The van der Waals surface area contributed by atoms with Crippen LogP contribution in [0.2, 0.25) is 0 Å². The lowest BCUT2D eigenvalue weighted by molar-refractivity contribution is -0.121. The normalized spacial score (nSPS) is 19.9. The molecule has 2 aromatic carbocycles. The molecular weight excluding hydrogens is 800 g/mol. The first-order valence-corrected chi connectivity index (χ1v) is 20.7. The van der Waals surface area contributed by atoms with Gasteiger partial charge in [0.1, 0.15) is 28.9 Å². The maximum atomic E-state index is 13.6. The molecule has 0 bridgehead atoms. The van der Waals surface area contributed by atoms with E-state index in [1.165, 1.54) is 23.9 Å². The molecule has 56 heavy (non-hydrogen) atoms. The maximum Gasteiger partial charge on any atom is 0.275 e. The van der Waals surface area contributed by atoms with E-state index in [2.05, 4.69) is 65.4 Å². The summed E-state index contributed by atoms with van der Waals surface area (Å²) in [5.74, 6) is 0.467. The molecule has 296 valence electrons. The molecule has 2 fully saturated rings. The number of aromatic nitrogens is 2. The number of imide groups is 1. The Kier molecular flexibility index (Phi) is 12.2. The molecule has 7 rings (SSSR count). The van der Waals surface area contributed by atoms with E-state index >= 15 is 0 Å². The van der Waals surface area contributed by atoms with E-state index in [1.807, 2.05) is 30.6 Å². The van der Waals surface area contributed by atoms with E-state index in [4.69, 9.17) is 4.74 Å². The number of halogens is 1. The van der Waals surface area contributed by atoms with Gasteiger partial charge in [0, 0.05) is 76.9 Å². The molecule has 0 saturated carbocycles. The molecule has 5 heterocycles. The van der Waals surface area contributed by atoms with Crippen LogP contribution in [0.4, 0.5) is 11.5 Å².